The molecule has 86 valence electrons. The van der Waals surface area contributed by atoms with Crippen molar-refractivity contribution in [3.8, 4) is 0 Å². The van der Waals surface area contributed by atoms with E-state index in [2.05, 4.69) is 26.8 Å². The summed E-state index contributed by atoms with van der Waals surface area (Å²) >= 11 is 1.70. The molecule has 0 atom stereocenters. The quantitative estimate of drug-likeness (QED) is 0.861. The minimum absolute atomic E-state index is 0.869. The van der Waals surface area contributed by atoms with E-state index in [1.54, 1.807) is 11.3 Å². The summed E-state index contributed by atoms with van der Waals surface area (Å²) in [5, 5.41) is 3.31. The van der Waals surface area contributed by atoms with E-state index in [0.29, 0.717) is 0 Å². The van der Waals surface area contributed by atoms with E-state index in [1.165, 1.54) is 10.6 Å². The third-order valence-corrected chi connectivity index (χ3v) is 3.43. The number of rotatable bonds is 5. The average Bonchev–Trinajstić information content (AvgIpc) is 2.87. The van der Waals surface area contributed by atoms with Gasteiger partial charge < -0.3 is 9.88 Å². The Morgan fingerprint density at radius 2 is 2.38 bits per heavy atom. The van der Waals surface area contributed by atoms with Crippen LogP contribution in [0.4, 0.5) is 0 Å². The van der Waals surface area contributed by atoms with Crippen molar-refractivity contribution in [2.24, 2.45) is 0 Å². The molecular formula is C11H16N4S. The SMILES string of the molecule is CCNCc1cncn1Cc1scnc1C. The molecular weight excluding hydrogens is 220 g/mol. The lowest BCUT2D eigenvalue weighted by atomic mass is 10.3. The van der Waals surface area contributed by atoms with Gasteiger partial charge in [-0.2, -0.15) is 0 Å². The van der Waals surface area contributed by atoms with E-state index in [0.717, 1.165) is 25.3 Å². The smallest absolute Gasteiger partial charge is 0.0952 e. The molecule has 0 saturated carbocycles. The summed E-state index contributed by atoms with van der Waals surface area (Å²) < 4.78 is 2.17. The summed E-state index contributed by atoms with van der Waals surface area (Å²) in [7, 11) is 0. The zero-order valence-electron chi connectivity index (χ0n) is 9.60. The van der Waals surface area contributed by atoms with Crippen LogP contribution < -0.4 is 5.32 Å². The van der Waals surface area contributed by atoms with Crippen LogP contribution in [0.25, 0.3) is 0 Å². The molecule has 0 radical (unpaired) electrons. The first kappa shape index (κ1) is 11.3. The average molecular weight is 236 g/mol. The second-order valence-corrected chi connectivity index (χ2v) is 4.59. The molecule has 0 fully saturated rings. The van der Waals surface area contributed by atoms with Crippen LogP contribution in [-0.4, -0.2) is 21.1 Å². The number of hydrogen-bond donors (Lipinski definition) is 1. The van der Waals surface area contributed by atoms with E-state index in [9.17, 15) is 0 Å². The number of thiazole rings is 1. The molecule has 0 saturated heterocycles. The molecule has 0 aliphatic rings. The number of imidazole rings is 1. The Bertz CT molecular complexity index is 446. The van der Waals surface area contributed by atoms with Crippen molar-refractivity contribution < 1.29 is 0 Å². The standard InChI is InChI=1S/C11H16N4S/c1-3-12-4-10-5-13-7-15(10)6-11-9(2)14-8-16-11/h5,7-8,12H,3-4,6H2,1-2H3. The molecule has 0 aliphatic heterocycles. The normalized spacial score (nSPS) is 10.9. The molecule has 2 rings (SSSR count). The van der Waals surface area contributed by atoms with Crippen molar-refractivity contribution in [2.45, 2.75) is 26.9 Å². The molecule has 0 amide bonds. The first-order chi connectivity index (χ1) is 7.81. The Labute approximate surface area is 99.4 Å². The Morgan fingerprint density at radius 1 is 1.50 bits per heavy atom. The van der Waals surface area contributed by atoms with Crippen LogP contribution in [0.15, 0.2) is 18.0 Å². The maximum Gasteiger partial charge on any atom is 0.0952 e. The van der Waals surface area contributed by atoms with Gasteiger partial charge in [0.05, 0.1) is 29.8 Å². The first-order valence-corrected chi connectivity index (χ1v) is 6.28. The van der Waals surface area contributed by atoms with Crippen molar-refractivity contribution in [1.29, 1.82) is 0 Å². The molecule has 2 aromatic heterocycles. The number of hydrogen-bond acceptors (Lipinski definition) is 4. The van der Waals surface area contributed by atoms with Crippen LogP contribution in [-0.2, 0) is 13.1 Å². The number of aromatic nitrogens is 3. The van der Waals surface area contributed by atoms with Gasteiger partial charge in [0.25, 0.3) is 0 Å². The van der Waals surface area contributed by atoms with Crippen molar-refractivity contribution in [3.05, 3.63) is 34.3 Å². The van der Waals surface area contributed by atoms with Crippen molar-refractivity contribution >= 4 is 11.3 Å². The second-order valence-electron chi connectivity index (χ2n) is 3.65. The largest absolute Gasteiger partial charge is 0.328 e. The van der Waals surface area contributed by atoms with Gasteiger partial charge in [-0.25, -0.2) is 9.97 Å². The molecule has 0 aromatic carbocycles. The van der Waals surface area contributed by atoms with E-state index in [4.69, 9.17) is 0 Å². The molecule has 0 aliphatic carbocycles. The zero-order valence-corrected chi connectivity index (χ0v) is 10.4. The monoisotopic (exact) mass is 236 g/mol. The molecule has 2 heterocycles. The summed E-state index contributed by atoms with van der Waals surface area (Å²) in [4.78, 5) is 9.75. The Kier molecular flexibility index (Phi) is 3.69. The van der Waals surface area contributed by atoms with E-state index >= 15 is 0 Å². The second kappa shape index (κ2) is 5.23. The van der Waals surface area contributed by atoms with Crippen molar-refractivity contribution in [2.75, 3.05) is 6.54 Å². The van der Waals surface area contributed by atoms with Gasteiger partial charge in [-0.3, -0.25) is 0 Å². The van der Waals surface area contributed by atoms with E-state index < -0.39 is 0 Å². The summed E-state index contributed by atoms with van der Waals surface area (Å²) in [5.41, 5.74) is 4.23. The van der Waals surface area contributed by atoms with Crippen LogP contribution >= 0.6 is 11.3 Å². The Balaban J connectivity index is 2.09. The van der Waals surface area contributed by atoms with Gasteiger partial charge in [0.15, 0.2) is 0 Å². The van der Waals surface area contributed by atoms with Gasteiger partial charge in [0, 0.05) is 17.6 Å². The summed E-state index contributed by atoms with van der Waals surface area (Å²) in [5.74, 6) is 0. The predicted molar refractivity (Wildman–Crippen MR) is 65.6 cm³/mol. The number of nitrogens with zero attached hydrogens (tertiary/aromatic N) is 3. The fourth-order valence-corrected chi connectivity index (χ4v) is 2.30. The molecule has 0 unspecified atom stereocenters. The Morgan fingerprint density at radius 3 is 3.06 bits per heavy atom. The van der Waals surface area contributed by atoms with Crippen LogP contribution in [0.5, 0.6) is 0 Å². The molecule has 1 N–H and O–H groups in total. The van der Waals surface area contributed by atoms with Gasteiger partial charge >= 0.3 is 0 Å². The van der Waals surface area contributed by atoms with Crippen LogP contribution in [0.1, 0.15) is 23.2 Å². The summed E-state index contributed by atoms with van der Waals surface area (Å²) in [6.45, 7) is 6.87. The highest BCUT2D eigenvalue weighted by Gasteiger charge is 2.05. The van der Waals surface area contributed by atoms with Crippen molar-refractivity contribution in [3.63, 3.8) is 0 Å². The first-order valence-electron chi connectivity index (χ1n) is 5.40. The van der Waals surface area contributed by atoms with Crippen LogP contribution in [0.3, 0.4) is 0 Å². The molecule has 0 bridgehead atoms. The number of nitrogens with one attached hydrogen (secondary N) is 1. The lowest BCUT2D eigenvalue weighted by Crippen LogP contribution is -2.15. The van der Waals surface area contributed by atoms with Gasteiger partial charge in [-0.1, -0.05) is 6.92 Å². The molecule has 0 spiro atoms. The Hall–Kier alpha value is -1.20. The lowest BCUT2D eigenvalue weighted by molar-refractivity contribution is 0.658. The van der Waals surface area contributed by atoms with Gasteiger partial charge in [0.1, 0.15) is 0 Å². The van der Waals surface area contributed by atoms with Gasteiger partial charge in [0.2, 0.25) is 0 Å². The third-order valence-electron chi connectivity index (χ3n) is 2.51. The fraction of sp³-hybridized carbons (Fsp3) is 0.455. The van der Waals surface area contributed by atoms with Gasteiger partial charge in [-0.15, -0.1) is 11.3 Å². The highest BCUT2D eigenvalue weighted by Crippen LogP contribution is 2.14. The topological polar surface area (TPSA) is 42.7 Å². The maximum atomic E-state index is 4.26. The highest BCUT2D eigenvalue weighted by atomic mass is 32.1. The molecule has 4 nitrogen and oxygen atoms in total. The van der Waals surface area contributed by atoms with Crippen molar-refractivity contribution in [1.82, 2.24) is 19.9 Å². The molecule has 16 heavy (non-hydrogen) atoms. The lowest BCUT2D eigenvalue weighted by Gasteiger charge is -2.07. The van der Waals surface area contributed by atoms with Crippen LogP contribution in [0.2, 0.25) is 0 Å². The molecule has 5 heteroatoms. The van der Waals surface area contributed by atoms with E-state index in [-0.39, 0.29) is 0 Å². The maximum absolute atomic E-state index is 4.26. The minimum Gasteiger partial charge on any atom is -0.328 e. The number of aryl methyl sites for hydroxylation is 1. The van der Waals surface area contributed by atoms with Gasteiger partial charge in [-0.05, 0) is 13.5 Å². The summed E-state index contributed by atoms with van der Waals surface area (Å²) in [6, 6.07) is 0. The third kappa shape index (κ3) is 2.48. The molecule has 2 aromatic rings. The predicted octanol–water partition coefficient (Wildman–Crippen LogP) is 1.81. The van der Waals surface area contributed by atoms with E-state index in [1.807, 2.05) is 25.0 Å². The highest BCUT2D eigenvalue weighted by molar-refractivity contribution is 7.09. The minimum atomic E-state index is 0.869. The summed E-state index contributed by atoms with van der Waals surface area (Å²) in [6.07, 6.45) is 3.80. The zero-order chi connectivity index (χ0) is 11.4. The fourth-order valence-electron chi connectivity index (χ4n) is 1.52. The van der Waals surface area contributed by atoms with Crippen LogP contribution in [0, 0.1) is 6.92 Å².